The molecular weight excluding hydrogens is 339 g/mol. The van der Waals surface area contributed by atoms with Crippen molar-refractivity contribution >= 4 is 22.4 Å². The van der Waals surface area contributed by atoms with Crippen molar-refractivity contribution in [1.82, 2.24) is 4.98 Å². The molecule has 2 aromatic carbocycles. The zero-order valence-electron chi connectivity index (χ0n) is 13.9. The minimum Gasteiger partial charge on any atom is -0.497 e. The molecule has 0 aliphatic heterocycles. The van der Waals surface area contributed by atoms with Crippen molar-refractivity contribution in [3.63, 3.8) is 0 Å². The highest BCUT2D eigenvalue weighted by atomic mass is 32.1. The molecule has 128 valence electrons. The van der Waals surface area contributed by atoms with E-state index in [0.717, 1.165) is 11.3 Å². The Morgan fingerprint density at radius 2 is 1.84 bits per heavy atom. The molecule has 0 spiro atoms. The van der Waals surface area contributed by atoms with E-state index in [2.05, 4.69) is 4.98 Å². The fourth-order valence-electron chi connectivity index (χ4n) is 2.40. The van der Waals surface area contributed by atoms with E-state index in [4.69, 9.17) is 4.74 Å². The highest BCUT2D eigenvalue weighted by Gasteiger charge is 2.19. The summed E-state index contributed by atoms with van der Waals surface area (Å²) in [4.78, 5) is 18.9. The lowest BCUT2D eigenvalue weighted by Gasteiger charge is -2.17. The number of methoxy groups -OCH3 is 1. The van der Waals surface area contributed by atoms with Crippen molar-refractivity contribution in [1.29, 1.82) is 0 Å². The van der Waals surface area contributed by atoms with Gasteiger partial charge >= 0.3 is 0 Å². The second kappa shape index (κ2) is 7.44. The fraction of sp³-hybridized carbons (Fsp3) is 0.158. The Morgan fingerprint density at radius 3 is 2.44 bits per heavy atom. The van der Waals surface area contributed by atoms with Crippen molar-refractivity contribution in [2.24, 2.45) is 0 Å². The number of rotatable bonds is 5. The summed E-state index contributed by atoms with van der Waals surface area (Å²) < 4.78 is 18.2. The molecule has 0 bridgehead atoms. The lowest BCUT2D eigenvalue weighted by Crippen LogP contribution is -2.30. The molecular formula is C19H17FN2O2S. The van der Waals surface area contributed by atoms with Gasteiger partial charge in [0.1, 0.15) is 11.6 Å². The van der Waals surface area contributed by atoms with Crippen molar-refractivity contribution in [2.45, 2.75) is 6.92 Å². The molecule has 3 aromatic rings. The third kappa shape index (κ3) is 3.69. The van der Waals surface area contributed by atoms with Gasteiger partial charge in [0.2, 0.25) is 0 Å². The summed E-state index contributed by atoms with van der Waals surface area (Å²) in [6.45, 7) is 2.40. The summed E-state index contributed by atoms with van der Waals surface area (Å²) in [5.41, 5.74) is 2.11. The topological polar surface area (TPSA) is 42.4 Å². The first-order valence-electron chi connectivity index (χ1n) is 7.79. The number of hydrogen-bond acceptors (Lipinski definition) is 4. The van der Waals surface area contributed by atoms with Crippen LogP contribution in [0.3, 0.4) is 0 Å². The third-order valence-electron chi connectivity index (χ3n) is 3.76. The second-order valence-electron chi connectivity index (χ2n) is 5.30. The van der Waals surface area contributed by atoms with Gasteiger partial charge in [0.15, 0.2) is 5.13 Å². The van der Waals surface area contributed by atoms with Gasteiger partial charge in [-0.05, 0) is 55.5 Å². The van der Waals surface area contributed by atoms with Crippen LogP contribution >= 0.6 is 11.3 Å². The zero-order valence-corrected chi connectivity index (χ0v) is 14.7. The normalized spacial score (nSPS) is 10.5. The molecule has 0 radical (unpaired) electrons. The first kappa shape index (κ1) is 17.1. The van der Waals surface area contributed by atoms with Gasteiger partial charge in [0.25, 0.3) is 5.91 Å². The minimum atomic E-state index is -0.288. The Kier molecular flexibility index (Phi) is 5.09. The standard InChI is InChI=1S/C19H17FN2O2S/c1-3-22(18(23)14-6-10-16(24-2)11-7-14)19-21-17(12-25-19)13-4-8-15(20)9-5-13/h4-12H,3H2,1-2H3. The highest BCUT2D eigenvalue weighted by Crippen LogP contribution is 2.28. The maximum Gasteiger partial charge on any atom is 0.260 e. The summed E-state index contributed by atoms with van der Waals surface area (Å²) in [6.07, 6.45) is 0. The van der Waals surface area contributed by atoms with E-state index in [9.17, 15) is 9.18 Å². The maximum atomic E-state index is 13.1. The predicted molar refractivity (Wildman–Crippen MR) is 97.9 cm³/mol. The van der Waals surface area contributed by atoms with Crippen LogP contribution in [-0.4, -0.2) is 24.5 Å². The van der Waals surface area contributed by atoms with Crippen LogP contribution in [0.1, 0.15) is 17.3 Å². The van der Waals surface area contributed by atoms with Gasteiger partial charge in [-0.1, -0.05) is 0 Å². The smallest absolute Gasteiger partial charge is 0.260 e. The summed E-state index contributed by atoms with van der Waals surface area (Å²) in [7, 11) is 1.59. The van der Waals surface area contributed by atoms with Crippen molar-refractivity contribution in [3.05, 3.63) is 65.3 Å². The van der Waals surface area contributed by atoms with Gasteiger partial charge in [0.05, 0.1) is 12.8 Å². The molecule has 0 aliphatic carbocycles. The first-order valence-corrected chi connectivity index (χ1v) is 8.67. The maximum absolute atomic E-state index is 13.1. The molecule has 0 fully saturated rings. The Hall–Kier alpha value is -2.73. The number of aromatic nitrogens is 1. The molecule has 1 heterocycles. The number of amides is 1. The van der Waals surface area contributed by atoms with Crippen LogP contribution in [0.2, 0.25) is 0 Å². The lowest BCUT2D eigenvalue weighted by atomic mass is 10.2. The number of ether oxygens (including phenoxy) is 1. The number of halogens is 1. The molecule has 0 saturated carbocycles. The number of nitrogens with zero attached hydrogens (tertiary/aromatic N) is 2. The Balaban J connectivity index is 1.85. The lowest BCUT2D eigenvalue weighted by molar-refractivity contribution is 0.0988. The summed E-state index contributed by atoms with van der Waals surface area (Å²) in [5.74, 6) is 0.293. The van der Waals surface area contributed by atoms with Gasteiger partial charge < -0.3 is 4.74 Å². The van der Waals surface area contributed by atoms with Gasteiger partial charge in [-0.25, -0.2) is 9.37 Å². The molecule has 0 saturated heterocycles. The molecule has 1 amide bonds. The van der Waals surface area contributed by atoms with Gasteiger partial charge in [-0.3, -0.25) is 9.69 Å². The first-order chi connectivity index (χ1) is 12.1. The molecule has 3 rings (SSSR count). The number of anilines is 1. The van der Waals surface area contributed by atoms with Crippen LogP contribution in [0.4, 0.5) is 9.52 Å². The molecule has 6 heteroatoms. The average molecular weight is 356 g/mol. The van der Waals surface area contributed by atoms with E-state index in [1.54, 1.807) is 48.4 Å². The highest BCUT2D eigenvalue weighted by molar-refractivity contribution is 7.14. The van der Waals surface area contributed by atoms with E-state index in [-0.39, 0.29) is 11.7 Å². The van der Waals surface area contributed by atoms with Crippen LogP contribution in [0, 0.1) is 5.82 Å². The molecule has 25 heavy (non-hydrogen) atoms. The van der Waals surface area contributed by atoms with E-state index in [1.807, 2.05) is 12.3 Å². The zero-order chi connectivity index (χ0) is 17.8. The van der Waals surface area contributed by atoms with Crippen molar-refractivity contribution in [2.75, 3.05) is 18.6 Å². The molecule has 0 unspecified atom stereocenters. The van der Waals surface area contributed by atoms with E-state index in [1.165, 1.54) is 23.5 Å². The summed E-state index contributed by atoms with van der Waals surface area (Å²) in [6, 6.07) is 13.1. The quantitative estimate of drug-likeness (QED) is 0.670. The monoisotopic (exact) mass is 356 g/mol. The largest absolute Gasteiger partial charge is 0.497 e. The molecule has 0 atom stereocenters. The Morgan fingerprint density at radius 1 is 1.16 bits per heavy atom. The Bertz CT molecular complexity index is 860. The van der Waals surface area contributed by atoms with Crippen molar-refractivity contribution < 1.29 is 13.9 Å². The SMILES string of the molecule is CCN(C(=O)c1ccc(OC)cc1)c1nc(-c2ccc(F)cc2)cs1. The minimum absolute atomic E-state index is 0.120. The molecule has 0 aliphatic rings. The fourth-order valence-corrected chi connectivity index (χ4v) is 3.29. The van der Waals surface area contributed by atoms with Crippen LogP contribution in [0.5, 0.6) is 5.75 Å². The summed E-state index contributed by atoms with van der Waals surface area (Å²) in [5, 5.41) is 2.48. The van der Waals surface area contributed by atoms with Gasteiger partial charge in [0, 0.05) is 23.1 Å². The number of benzene rings is 2. The number of hydrogen-bond donors (Lipinski definition) is 0. The average Bonchev–Trinajstić information content (AvgIpc) is 3.12. The number of carbonyl (C=O) groups is 1. The molecule has 1 aromatic heterocycles. The Labute approximate surface area is 149 Å². The molecule has 4 nitrogen and oxygen atoms in total. The number of carbonyl (C=O) groups excluding carboxylic acids is 1. The van der Waals surface area contributed by atoms with Gasteiger partial charge in [-0.15, -0.1) is 11.3 Å². The van der Waals surface area contributed by atoms with Gasteiger partial charge in [-0.2, -0.15) is 0 Å². The van der Waals surface area contributed by atoms with Crippen LogP contribution < -0.4 is 9.64 Å². The van der Waals surface area contributed by atoms with E-state index in [0.29, 0.717) is 23.0 Å². The van der Waals surface area contributed by atoms with Crippen LogP contribution in [0.25, 0.3) is 11.3 Å². The van der Waals surface area contributed by atoms with Crippen LogP contribution in [-0.2, 0) is 0 Å². The van der Waals surface area contributed by atoms with E-state index < -0.39 is 0 Å². The van der Waals surface area contributed by atoms with Crippen molar-refractivity contribution in [3.8, 4) is 17.0 Å². The predicted octanol–water partition coefficient (Wildman–Crippen LogP) is 4.62. The molecule has 0 N–H and O–H groups in total. The number of thiazole rings is 1. The second-order valence-corrected chi connectivity index (χ2v) is 6.14. The third-order valence-corrected chi connectivity index (χ3v) is 4.62. The summed E-state index contributed by atoms with van der Waals surface area (Å²) >= 11 is 1.39. The van der Waals surface area contributed by atoms with Crippen LogP contribution in [0.15, 0.2) is 53.9 Å². The van der Waals surface area contributed by atoms with E-state index >= 15 is 0 Å².